The van der Waals surface area contributed by atoms with Crippen molar-refractivity contribution >= 4 is 11.6 Å². The van der Waals surface area contributed by atoms with Crippen molar-refractivity contribution in [3.8, 4) is 0 Å². The summed E-state index contributed by atoms with van der Waals surface area (Å²) in [5, 5.41) is 4.54. The standard InChI is InChI=1S/C15H22ClN/c1-3-17-15-6-4-5-13(15)10-12-8-7-11(2)9-14(12)16/h7-9,13,15,17H,3-6,10H2,1-2H3. The summed E-state index contributed by atoms with van der Waals surface area (Å²) < 4.78 is 0. The van der Waals surface area contributed by atoms with Crippen LogP contribution in [0.2, 0.25) is 5.02 Å². The van der Waals surface area contributed by atoms with Gasteiger partial charge in [-0.3, -0.25) is 0 Å². The first kappa shape index (κ1) is 12.9. The minimum Gasteiger partial charge on any atom is -0.314 e. The Hall–Kier alpha value is -0.530. The van der Waals surface area contributed by atoms with Crippen LogP contribution in [0.4, 0.5) is 0 Å². The summed E-state index contributed by atoms with van der Waals surface area (Å²) in [5.41, 5.74) is 2.56. The van der Waals surface area contributed by atoms with Crippen LogP contribution in [0.15, 0.2) is 18.2 Å². The highest BCUT2D eigenvalue weighted by Gasteiger charge is 2.26. The molecule has 1 saturated carbocycles. The molecule has 1 aromatic rings. The average Bonchev–Trinajstić information content (AvgIpc) is 2.71. The van der Waals surface area contributed by atoms with Crippen LogP contribution in [-0.2, 0) is 6.42 Å². The second kappa shape index (κ2) is 5.88. The molecule has 1 aromatic carbocycles. The largest absolute Gasteiger partial charge is 0.314 e. The number of rotatable bonds is 4. The van der Waals surface area contributed by atoms with Crippen molar-refractivity contribution in [2.75, 3.05) is 6.54 Å². The normalized spacial score (nSPS) is 24.2. The minimum absolute atomic E-state index is 0.692. The molecule has 0 bridgehead atoms. The first-order valence-corrected chi connectivity index (χ1v) is 7.07. The first-order chi connectivity index (χ1) is 8.20. The Morgan fingerprint density at radius 2 is 2.18 bits per heavy atom. The van der Waals surface area contributed by atoms with Crippen LogP contribution in [0.1, 0.15) is 37.3 Å². The average molecular weight is 252 g/mol. The lowest BCUT2D eigenvalue weighted by Crippen LogP contribution is -2.33. The molecule has 17 heavy (non-hydrogen) atoms. The van der Waals surface area contributed by atoms with Crippen molar-refractivity contribution in [2.24, 2.45) is 5.92 Å². The van der Waals surface area contributed by atoms with E-state index in [1.165, 1.54) is 30.4 Å². The molecule has 94 valence electrons. The predicted octanol–water partition coefficient (Wildman–Crippen LogP) is 3.97. The zero-order valence-electron chi connectivity index (χ0n) is 10.8. The molecule has 0 amide bonds. The van der Waals surface area contributed by atoms with Crippen LogP contribution < -0.4 is 5.32 Å². The summed E-state index contributed by atoms with van der Waals surface area (Å²) in [6, 6.07) is 7.13. The molecule has 0 heterocycles. The second-order valence-electron chi connectivity index (χ2n) is 5.15. The Morgan fingerprint density at radius 3 is 2.88 bits per heavy atom. The SMILES string of the molecule is CCNC1CCCC1Cc1ccc(C)cc1Cl. The maximum atomic E-state index is 6.31. The molecular formula is C15H22ClN. The Morgan fingerprint density at radius 1 is 1.35 bits per heavy atom. The molecule has 0 saturated heterocycles. The molecule has 2 rings (SSSR count). The van der Waals surface area contributed by atoms with Gasteiger partial charge in [0, 0.05) is 11.1 Å². The molecule has 2 heteroatoms. The van der Waals surface area contributed by atoms with Crippen molar-refractivity contribution in [3.05, 3.63) is 34.3 Å². The maximum Gasteiger partial charge on any atom is 0.0440 e. The van der Waals surface area contributed by atoms with Gasteiger partial charge in [-0.2, -0.15) is 0 Å². The number of hydrogen-bond donors (Lipinski definition) is 1. The van der Waals surface area contributed by atoms with Crippen LogP contribution in [0, 0.1) is 12.8 Å². The van der Waals surface area contributed by atoms with Gasteiger partial charge >= 0.3 is 0 Å². The van der Waals surface area contributed by atoms with Gasteiger partial charge in [0.25, 0.3) is 0 Å². The van der Waals surface area contributed by atoms with Gasteiger partial charge in [0.2, 0.25) is 0 Å². The monoisotopic (exact) mass is 251 g/mol. The van der Waals surface area contributed by atoms with E-state index in [-0.39, 0.29) is 0 Å². The third-order valence-corrected chi connectivity index (χ3v) is 4.17. The third-order valence-electron chi connectivity index (χ3n) is 3.82. The smallest absolute Gasteiger partial charge is 0.0440 e. The number of halogens is 1. The van der Waals surface area contributed by atoms with Crippen molar-refractivity contribution in [1.82, 2.24) is 5.32 Å². The lowest BCUT2D eigenvalue weighted by atomic mass is 9.94. The highest BCUT2D eigenvalue weighted by Crippen LogP contribution is 2.31. The third kappa shape index (κ3) is 3.23. The van der Waals surface area contributed by atoms with Gasteiger partial charge in [-0.1, -0.05) is 37.1 Å². The quantitative estimate of drug-likeness (QED) is 0.854. The number of hydrogen-bond acceptors (Lipinski definition) is 1. The molecular weight excluding hydrogens is 230 g/mol. The lowest BCUT2D eigenvalue weighted by Gasteiger charge is -2.21. The summed E-state index contributed by atoms with van der Waals surface area (Å²) in [6.45, 7) is 5.35. The van der Waals surface area contributed by atoms with Crippen LogP contribution >= 0.6 is 11.6 Å². The highest BCUT2D eigenvalue weighted by molar-refractivity contribution is 6.31. The molecule has 1 N–H and O–H groups in total. The Bertz CT molecular complexity index is 375. The van der Waals surface area contributed by atoms with Gasteiger partial charge in [0.15, 0.2) is 0 Å². The molecule has 1 aliphatic rings. The van der Waals surface area contributed by atoms with Gasteiger partial charge in [0.05, 0.1) is 0 Å². The lowest BCUT2D eigenvalue weighted by molar-refractivity contribution is 0.406. The summed E-state index contributed by atoms with van der Waals surface area (Å²) in [4.78, 5) is 0. The van der Waals surface area contributed by atoms with E-state index >= 15 is 0 Å². The van der Waals surface area contributed by atoms with Gasteiger partial charge in [0.1, 0.15) is 0 Å². The van der Waals surface area contributed by atoms with E-state index in [1.54, 1.807) is 0 Å². The fraction of sp³-hybridized carbons (Fsp3) is 0.600. The molecule has 0 radical (unpaired) electrons. The molecule has 2 unspecified atom stereocenters. The minimum atomic E-state index is 0.692. The zero-order valence-corrected chi connectivity index (χ0v) is 11.6. The van der Waals surface area contributed by atoms with Gasteiger partial charge < -0.3 is 5.32 Å². The van der Waals surface area contributed by atoms with Gasteiger partial charge in [-0.25, -0.2) is 0 Å². The maximum absolute atomic E-state index is 6.31. The topological polar surface area (TPSA) is 12.0 Å². The Kier molecular flexibility index (Phi) is 4.47. The summed E-state index contributed by atoms with van der Waals surface area (Å²) in [7, 11) is 0. The fourth-order valence-electron chi connectivity index (χ4n) is 2.91. The highest BCUT2D eigenvalue weighted by atomic mass is 35.5. The van der Waals surface area contributed by atoms with Crippen LogP contribution in [-0.4, -0.2) is 12.6 Å². The van der Waals surface area contributed by atoms with Gasteiger partial charge in [-0.05, 0) is 55.8 Å². The van der Waals surface area contributed by atoms with E-state index in [0.29, 0.717) is 6.04 Å². The van der Waals surface area contributed by atoms with E-state index in [4.69, 9.17) is 11.6 Å². The van der Waals surface area contributed by atoms with Crippen LogP contribution in [0.3, 0.4) is 0 Å². The molecule has 2 atom stereocenters. The van der Waals surface area contributed by atoms with E-state index < -0.39 is 0 Å². The fourth-order valence-corrected chi connectivity index (χ4v) is 3.22. The van der Waals surface area contributed by atoms with E-state index in [9.17, 15) is 0 Å². The van der Waals surface area contributed by atoms with Crippen LogP contribution in [0.5, 0.6) is 0 Å². The molecule has 1 aliphatic carbocycles. The molecule has 1 fully saturated rings. The molecule has 0 spiro atoms. The summed E-state index contributed by atoms with van der Waals surface area (Å²) in [6.07, 6.45) is 5.13. The zero-order chi connectivity index (χ0) is 12.3. The number of aryl methyl sites for hydroxylation is 1. The Balaban J connectivity index is 2.04. The molecule has 0 aliphatic heterocycles. The van der Waals surface area contributed by atoms with E-state index in [0.717, 1.165) is 23.9 Å². The second-order valence-corrected chi connectivity index (χ2v) is 5.56. The van der Waals surface area contributed by atoms with Crippen molar-refractivity contribution in [3.63, 3.8) is 0 Å². The molecule has 0 aromatic heterocycles. The molecule has 1 nitrogen and oxygen atoms in total. The van der Waals surface area contributed by atoms with Crippen molar-refractivity contribution in [1.29, 1.82) is 0 Å². The van der Waals surface area contributed by atoms with Gasteiger partial charge in [-0.15, -0.1) is 0 Å². The Labute approximate surface area is 110 Å². The van der Waals surface area contributed by atoms with Crippen molar-refractivity contribution in [2.45, 2.75) is 45.6 Å². The first-order valence-electron chi connectivity index (χ1n) is 6.69. The van der Waals surface area contributed by atoms with Crippen LogP contribution in [0.25, 0.3) is 0 Å². The summed E-state index contributed by atoms with van der Waals surface area (Å²) in [5.74, 6) is 0.759. The van der Waals surface area contributed by atoms with E-state index in [1.807, 2.05) is 0 Å². The number of benzene rings is 1. The summed E-state index contributed by atoms with van der Waals surface area (Å²) >= 11 is 6.31. The number of nitrogens with one attached hydrogen (secondary N) is 1. The van der Waals surface area contributed by atoms with E-state index in [2.05, 4.69) is 37.4 Å². The predicted molar refractivity (Wildman–Crippen MR) is 74.7 cm³/mol. The van der Waals surface area contributed by atoms with Crippen molar-refractivity contribution < 1.29 is 0 Å².